The second kappa shape index (κ2) is 9.38. The number of amides is 1. The minimum absolute atomic E-state index is 0.100. The van der Waals surface area contributed by atoms with Crippen molar-refractivity contribution < 1.29 is 4.79 Å². The Morgan fingerprint density at radius 1 is 1.40 bits per heavy atom. The van der Waals surface area contributed by atoms with Gasteiger partial charge >= 0.3 is 0 Å². The third-order valence-electron chi connectivity index (χ3n) is 3.66. The highest BCUT2D eigenvalue weighted by Gasteiger charge is 2.22. The number of allylic oxidation sites excluding steroid dienone is 1. The van der Waals surface area contributed by atoms with Crippen LogP contribution in [-0.2, 0) is 4.79 Å². The second-order valence-corrected chi connectivity index (χ2v) is 8.83. The number of thioether (sulfide) groups is 2. The molecule has 0 aliphatic heterocycles. The fourth-order valence-electron chi connectivity index (χ4n) is 2.38. The van der Waals surface area contributed by atoms with Crippen LogP contribution in [0.2, 0.25) is 0 Å². The van der Waals surface area contributed by atoms with Crippen LogP contribution in [0.4, 0.5) is 0 Å². The van der Waals surface area contributed by atoms with Crippen LogP contribution in [0.15, 0.2) is 21.6 Å². The zero-order valence-corrected chi connectivity index (χ0v) is 16.9. The Morgan fingerprint density at radius 2 is 2.12 bits per heavy atom. The van der Waals surface area contributed by atoms with Crippen molar-refractivity contribution in [2.24, 2.45) is 10.4 Å². The molecule has 0 bridgehead atoms. The van der Waals surface area contributed by atoms with Gasteiger partial charge in [0.2, 0.25) is 11.1 Å². The Hall–Kier alpha value is -1.35. The van der Waals surface area contributed by atoms with Gasteiger partial charge in [0.1, 0.15) is 0 Å². The fourth-order valence-corrected chi connectivity index (χ4v) is 4.01. The van der Waals surface area contributed by atoms with Gasteiger partial charge in [-0.1, -0.05) is 63.2 Å². The van der Waals surface area contributed by atoms with E-state index in [9.17, 15) is 4.79 Å². The topological polar surface area (TPSA) is 85.1 Å². The fraction of sp³-hybridized carbons (Fsp3) is 0.688. The smallest absolute Gasteiger partial charge is 0.236 e. The maximum atomic E-state index is 12.2. The van der Waals surface area contributed by atoms with E-state index in [0.29, 0.717) is 16.4 Å². The van der Waals surface area contributed by atoms with Crippen LogP contribution < -0.4 is 5.32 Å². The van der Waals surface area contributed by atoms with Crippen LogP contribution in [0.3, 0.4) is 0 Å². The monoisotopic (exact) mass is 382 g/mol. The normalized spacial score (nSPS) is 16.7. The predicted octanol–water partition coefficient (Wildman–Crippen LogP) is 3.28. The highest BCUT2D eigenvalue weighted by atomic mass is 32.2. The summed E-state index contributed by atoms with van der Waals surface area (Å²) in [4.78, 5) is 16.3. The molecule has 1 saturated carbocycles. The number of nitrogens with zero attached hydrogens (tertiary/aromatic N) is 5. The Morgan fingerprint density at radius 3 is 2.76 bits per heavy atom. The van der Waals surface area contributed by atoms with E-state index in [2.05, 4.69) is 52.7 Å². The molecule has 1 heterocycles. The number of carbonyl (C=O) groups excluding carboxylic acids is 1. The quantitative estimate of drug-likeness (QED) is 0.478. The molecule has 1 aromatic rings. The van der Waals surface area contributed by atoms with E-state index in [1.54, 1.807) is 7.05 Å². The largest absolute Gasteiger partial charge is 0.304 e. The van der Waals surface area contributed by atoms with Crippen molar-refractivity contribution in [3.8, 4) is 0 Å². The van der Waals surface area contributed by atoms with Gasteiger partial charge in [-0.05, 0) is 34.1 Å². The van der Waals surface area contributed by atoms with Gasteiger partial charge in [0.25, 0.3) is 0 Å². The van der Waals surface area contributed by atoms with E-state index in [0.717, 1.165) is 12.8 Å². The van der Waals surface area contributed by atoms with Crippen molar-refractivity contribution in [2.45, 2.75) is 57.7 Å². The molecule has 1 aromatic heterocycles. The van der Waals surface area contributed by atoms with Gasteiger partial charge in [0, 0.05) is 7.05 Å². The summed E-state index contributed by atoms with van der Waals surface area (Å²) in [5.41, 5.74) is 0.100. The van der Waals surface area contributed by atoms with Crippen LogP contribution >= 0.6 is 23.5 Å². The summed E-state index contributed by atoms with van der Waals surface area (Å²) < 4.78 is 1.86. The van der Waals surface area contributed by atoms with Crippen molar-refractivity contribution in [1.82, 2.24) is 25.5 Å². The van der Waals surface area contributed by atoms with E-state index >= 15 is 0 Å². The highest BCUT2D eigenvalue weighted by Crippen LogP contribution is 2.31. The van der Waals surface area contributed by atoms with Crippen molar-refractivity contribution in [3.05, 3.63) is 11.5 Å². The van der Waals surface area contributed by atoms with E-state index in [1.807, 2.05) is 10.1 Å². The number of hydrogen-bond donors (Lipinski definition) is 1. The van der Waals surface area contributed by atoms with Gasteiger partial charge in [-0.25, -0.2) is 4.68 Å². The Kier molecular flexibility index (Phi) is 7.49. The molecule has 1 N–H and O–H groups in total. The first kappa shape index (κ1) is 20.0. The molecule has 138 valence electrons. The van der Waals surface area contributed by atoms with Gasteiger partial charge < -0.3 is 5.32 Å². The van der Waals surface area contributed by atoms with Crippen LogP contribution in [0.1, 0.15) is 52.5 Å². The molecular weight excluding hydrogens is 356 g/mol. The third kappa shape index (κ3) is 6.81. The first-order valence-corrected chi connectivity index (χ1v) is 10.3. The van der Waals surface area contributed by atoms with E-state index < -0.39 is 0 Å². The molecule has 7 nitrogen and oxygen atoms in total. The molecule has 0 atom stereocenters. The van der Waals surface area contributed by atoms with Gasteiger partial charge in [0.15, 0.2) is 5.17 Å². The lowest BCUT2D eigenvalue weighted by Gasteiger charge is -2.12. The number of tetrazole rings is 1. The first-order valence-electron chi connectivity index (χ1n) is 8.41. The molecule has 2 rings (SSSR count). The SMILES string of the molecule is CN=C(NC(=O)CSc1nnnn1C1CCCC1)S/C=C/C(C)(C)C. The summed E-state index contributed by atoms with van der Waals surface area (Å²) in [5.74, 6) is 0.151. The number of aromatic nitrogens is 4. The molecule has 1 aliphatic rings. The first-order chi connectivity index (χ1) is 11.9. The number of carbonyl (C=O) groups is 1. The number of hydrogen-bond acceptors (Lipinski definition) is 7. The van der Waals surface area contributed by atoms with Gasteiger partial charge in [-0.3, -0.25) is 9.79 Å². The molecule has 25 heavy (non-hydrogen) atoms. The van der Waals surface area contributed by atoms with Gasteiger partial charge in [0.05, 0.1) is 11.8 Å². The minimum Gasteiger partial charge on any atom is -0.304 e. The van der Waals surface area contributed by atoms with Crippen molar-refractivity contribution in [1.29, 1.82) is 0 Å². The molecule has 0 radical (unpaired) electrons. The molecule has 1 aliphatic carbocycles. The Balaban J connectivity index is 1.82. The number of rotatable bonds is 5. The molecule has 0 unspecified atom stereocenters. The lowest BCUT2D eigenvalue weighted by Crippen LogP contribution is -2.29. The van der Waals surface area contributed by atoms with Crippen LogP contribution in [0, 0.1) is 5.41 Å². The number of nitrogens with one attached hydrogen (secondary N) is 1. The lowest BCUT2D eigenvalue weighted by atomic mass is 9.98. The summed E-state index contributed by atoms with van der Waals surface area (Å²) in [6.07, 6.45) is 6.72. The second-order valence-electron chi connectivity index (χ2n) is 7.00. The molecule has 9 heteroatoms. The third-order valence-corrected chi connectivity index (χ3v) is 5.38. The number of aliphatic imine (C=N–C) groups is 1. The summed E-state index contributed by atoms with van der Waals surface area (Å²) in [6, 6.07) is 0.367. The summed E-state index contributed by atoms with van der Waals surface area (Å²) in [6.45, 7) is 6.36. The van der Waals surface area contributed by atoms with Crippen LogP contribution in [-0.4, -0.2) is 44.1 Å². The van der Waals surface area contributed by atoms with Gasteiger partial charge in [-0.15, -0.1) is 5.10 Å². The van der Waals surface area contributed by atoms with Gasteiger partial charge in [-0.2, -0.15) is 0 Å². The predicted molar refractivity (Wildman–Crippen MR) is 104 cm³/mol. The zero-order chi connectivity index (χ0) is 18.3. The Labute approximate surface area is 157 Å². The Bertz CT molecular complexity index is 629. The average molecular weight is 383 g/mol. The maximum absolute atomic E-state index is 12.2. The summed E-state index contributed by atoms with van der Waals surface area (Å²) >= 11 is 2.77. The van der Waals surface area contributed by atoms with E-state index in [1.165, 1.54) is 36.4 Å². The highest BCUT2D eigenvalue weighted by molar-refractivity contribution is 8.16. The number of amidine groups is 1. The van der Waals surface area contributed by atoms with Crippen molar-refractivity contribution in [3.63, 3.8) is 0 Å². The van der Waals surface area contributed by atoms with Crippen molar-refractivity contribution in [2.75, 3.05) is 12.8 Å². The molecule has 0 spiro atoms. The molecule has 0 aromatic carbocycles. The molecule has 1 fully saturated rings. The summed E-state index contributed by atoms with van der Waals surface area (Å²) in [5, 5.41) is 18.0. The zero-order valence-electron chi connectivity index (χ0n) is 15.2. The van der Waals surface area contributed by atoms with E-state index in [4.69, 9.17) is 0 Å². The molecule has 0 saturated heterocycles. The summed E-state index contributed by atoms with van der Waals surface area (Å²) in [7, 11) is 1.67. The van der Waals surface area contributed by atoms with Crippen LogP contribution in [0.5, 0.6) is 0 Å². The standard InChI is InChI=1S/C16H26N6OS2/c1-16(2,3)9-10-24-14(17-4)18-13(23)11-25-15-19-20-21-22(15)12-7-5-6-8-12/h9-10,12H,5-8,11H2,1-4H3,(H,17,18,23)/b10-9+. The average Bonchev–Trinajstić information content (AvgIpc) is 3.21. The van der Waals surface area contributed by atoms with Crippen LogP contribution in [0.25, 0.3) is 0 Å². The molecule has 1 amide bonds. The van der Waals surface area contributed by atoms with E-state index in [-0.39, 0.29) is 17.1 Å². The minimum atomic E-state index is -0.108. The lowest BCUT2D eigenvalue weighted by molar-refractivity contribution is -0.117. The molecular formula is C16H26N6OS2. The maximum Gasteiger partial charge on any atom is 0.236 e. The van der Waals surface area contributed by atoms with Crippen molar-refractivity contribution >= 4 is 34.6 Å².